The minimum Gasteiger partial charge on any atom is -0.326 e. The lowest BCUT2D eigenvalue weighted by Gasteiger charge is -2.04. The van der Waals surface area contributed by atoms with Crippen LogP contribution in [0.4, 0.5) is 0 Å². The molecule has 0 aliphatic heterocycles. The molecule has 4 N–H and O–H groups in total. The highest BCUT2D eigenvalue weighted by Crippen LogP contribution is 2.15. The van der Waals surface area contributed by atoms with Crippen molar-refractivity contribution in [1.29, 1.82) is 0 Å². The third kappa shape index (κ3) is 2.83. The van der Waals surface area contributed by atoms with Gasteiger partial charge in [0.2, 0.25) is 0 Å². The lowest BCUT2D eigenvalue weighted by Crippen LogP contribution is -2.25. The highest BCUT2D eigenvalue weighted by Gasteiger charge is 2.22. The normalized spacial score (nSPS) is 11.9. The average molecular weight is 284 g/mol. The van der Waals surface area contributed by atoms with E-state index in [1.165, 1.54) is 0 Å². The Hall–Kier alpha value is -1.71. The molecule has 0 atom stereocenters. The molecule has 0 amide bonds. The Morgan fingerprint density at radius 1 is 1.53 bits per heavy atom. The quantitative estimate of drug-likeness (QED) is 0.676. The van der Waals surface area contributed by atoms with E-state index in [1.807, 2.05) is 0 Å². The molecule has 0 aliphatic rings. The standard InChI is InChI=1S/C10H16N6O2S/c1-7-9(5-11)10(14-13-7)19(17,18)12-6-8-3-4-16(2)15-8/h3-4,12H,5-6,11H2,1-2H3,(H,13,14). The van der Waals surface area contributed by atoms with Crippen LogP contribution in [0.1, 0.15) is 17.0 Å². The van der Waals surface area contributed by atoms with Crippen LogP contribution in [0.15, 0.2) is 17.3 Å². The van der Waals surface area contributed by atoms with Crippen LogP contribution in [0, 0.1) is 6.92 Å². The Morgan fingerprint density at radius 3 is 2.84 bits per heavy atom. The van der Waals surface area contributed by atoms with Gasteiger partial charge in [0.15, 0.2) is 5.03 Å². The summed E-state index contributed by atoms with van der Waals surface area (Å²) in [4.78, 5) is 0. The fourth-order valence-corrected chi connectivity index (χ4v) is 2.89. The van der Waals surface area contributed by atoms with Crippen molar-refractivity contribution < 1.29 is 8.42 Å². The molecule has 0 aromatic carbocycles. The van der Waals surface area contributed by atoms with Gasteiger partial charge in [-0.1, -0.05) is 0 Å². The highest BCUT2D eigenvalue weighted by atomic mass is 32.2. The second-order valence-electron chi connectivity index (χ2n) is 4.14. The van der Waals surface area contributed by atoms with Crippen molar-refractivity contribution in [3.05, 3.63) is 29.2 Å². The summed E-state index contributed by atoms with van der Waals surface area (Å²) in [5.41, 5.74) is 7.31. The van der Waals surface area contributed by atoms with Crippen molar-refractivity contribution in [1.82, 2.24) is 24.7 Å². The zero-order valence-electron chi connectivity index (χ0n) is 10.7. The number of rotatable bonds is 5. The van der Waals surface area contributed by atoms with Crippen LogP contribution >= 0.6 is 0 Å². The maximum atomic E-state index is 12.1. The molecule has 0 unspecified atom stereocenters. The molecule has 0 aliphatic carbocycles. The first kappa shape index (κ1) is 13.7. The zero-order chi connectivity index (χ0) is 14.0. The maximum Gasteiger partial charge on any atom is 0.260 e. The molecular formula is C10H16N6O2S. The molecular weight excluding hydrogens is 268 g/mol. The van der Waals surface area contributed by atoms with Gasteiger partial charge in [-0.25, -0.2) is 13.1 Å². The lowest BCUT2D eigenvalue weighted by molar-refractivity contribution is 0.574. The van der Waals surface area contributed by atoms with Crippen LogP contribution in [-0.4, -0.2) is 28.4 Å². The van der Waals surface area contributed by atoms with Crippen molar-refractivity contribution in [3.8, 4) is 0 Å². The molecule has 2 aromatic rings. The molecule has 0 bridgehead atoms. The van der Waals surface area contributed by atoms with Crippen LogP contribution in [0.3, 0.4) is 0 Å². The van der Waals surface area contributed by atoms with E-state index < -0.39 is 10.0 Å². The highest BCUT2D eigenvalue weighted by molar-refractivity contribution is 7.89. The van der Waals surface area contributed by atoms with Gasteiger partial charge in [0.1, 0.15) is 0 Å². The molecule has 2 heterocycles. The number of hydrogen-bond donors (Lipinski definition) is 3. The SMILES string of the molecule is Cc1[nH]nc(S(=O)(=O)NCc2ccn(C)n2)c1CN. The summed E-state index contributed by atoms with van der Waals surface area (Å²) in [5, 5.41) is 10.5. The summed E-state index contributed by atoms with van der Waals surface area (Å²) in [7, 11) is -1.93. The number of hydrogen-bond acceptors (Lipinski definition) is 5. The van der Waals surface area contributed by atoms with Gasteiger partial charge in [0, 0.05) is 31.0 Å². The fraction of sp³-hybridized carbons (Fsp3) is 0.400. The van der Waals surface area contributed by atoms with Crippen LogP contribution in [0.5, 0.6) is 0 Å². The van der Waals surface area contributed by atoms with E-state index in [1.54, 1.807) is 30.9 Å². The van der Waals surface area contributed by atoms with E-state index in [0.717, 1.165) is 0 Å². The van der Waals surface area contributed by atoms with Gasteiger partial charge >= 0.3 is 0 Å². The maximum absolute atomic E-state index is 12.1. The first-order valence-corrected chi connectivity index (χ1v) is 7.14. The topological polar surface area (TPSA) is 119 Å². The fourth-order valence-electron chi connectivity index (χ4n) is 1.69. The van der Waals surface area contributed by atoms with Crippen molar-refractivity contribution >= 4 is 10.0 Å². The first-order valence-electron chi connectivity index (χ1n) is 5.66. The molecule has 9 heteroatoms. The van der Waals surface area contributed by atoms with Crippen LogP contribution in [-0.2, 0) is 30.2 Å². The second-order valence-corrected chi connectivity index (χ2v) is 5.82. The molecule has 2 aromatic heterocycles. The zero-order valence-corrected chi connectivity index (χ0v) is 11.5. The van der Waals surface area contributed by atoms with E-state index in [2.05, 4.69) is 20.0 Å². The molecule has 104 valence electrons. The van der Waals surface area contributed by atoms with Gasteiger partial charge < -0.3 is 5.73 Å². The molecule has 0 saturated carbocycles. The Bertz CT molecular complexity index is 672. The lowest BCUT2D eigenvalue weighted by atomic mass is 10.3. The molecule has 0 spiro atoms. The number of aromatic nitrogens is 4. The summed E-state index contributed by atoms with van der Waals surface area (Å²) in [6, 6.07) is 1.74. The van der Waals surface area contributed by atoms with Gasteiger partial charge in [-0.05, 0) is 13.0 Å². The predicted octanol–water partition coefficient (Wildman–Crippen LogP) is -0.611. The van der Waals surface area contributed by atoms with Crippen molar-refractivity contribution in [2.45, 2.75) is 25.0 Å². The van der Waals surface area contributed by atoms with E-state index >= 15 is 0 Å². The summed E-state index contributed by atoms with van der Waals surface area (Å²) in [6.07, 6.45) is 1.74. The largest absolute Gasteiger partial charge is 0.326 e. The van der Waals surface area contributed by atoms with Gasteiger partial charge in [0.25, 0.3) is 10.0 Å². The van der Waals surface area contributed by atoms with E-state index in [9.17, 15) is 8.42 Å². The minimum absolute atomic E-state index is 0.0524. The minimum atomic E-state index is -3.69. The molecule has 0 radical (unpaired) electrons. The monoisotopic (exact) mass is 284 g/mol. The Balaban J connectivity index is 2.18. The number of nitrogens with one attached hydrogen (secondary N) is 2. The first-order chi connectivity index (χ1) is 8.94. The predicted molar refractivity (Wildman–Crippen MR) is 68.4 cm³/mol. The van der Waals surface area contributed by atoms with Gasteiger partial charge in [-0.15, -0.1) is 0 Å². The second kappa shape index (κ2) is 5.11. The van der Waals surface area contributed by atoms with Gasteiger partial charge in [-0.3, -0.25) is 9.78 Å². The number of H-pyrrole nitrogens is 1. The van der Waals surface area contributed by atoms with Gasteiger partial charge in [-0.2, -0.15) is 10.2 Å². The summed E-state index contributed by atoms with van der Waals surface area (Å²) in [5.74, 6) is 0. The number of aromatic amines is 1. The summed E-state index contributed by atoms with van der Waals surface area (Å²) >= 11 is 0. The number of sulfonamides is 1. The molecule has 8 nitrogen and oxygen atoms in total. The Labute approximate surface area is 111 Å². The van der Waals surface area contributed by atoms with Crippen LogP contribution in [0.2, 0.25) is 0 Å². The Kier molecular flexibility index (Phi) is 3.69. The average Bonchev–Trinajstić information content (AvgIpc) is 2.93. The summed E-state index contributed by atoms with van der Waals surface area (Å²) < 4.78 is 28.3. The third-order valence-corrected chi connectivity index (χ3v) is 4.08. The number of nitrogens with two attached hydrogens (primary N) is 1. The summed E-state index contributed by atoms with van der Waals surface area (Å²) in [6.45, 7) is 1.95. The van der Waals surface area contributed by atoms with E-state index in [-0.39, 0.29) is 18.1 Å². The molecule has 2 rings (SSSR count). The number of nitrogens with zero attached hydrogens (tertiary/aromatic N) is 3. The number of aryl methyl sites for hydroxylation is 2. The van der Waals surface area contributed by atoms with Gasteiger partial charge in [0.05, 0.1) is 12.2 Å². The van der Waals surface area contributed by atoms with Crippen molar-refractivity contribution in [2.75, 3.05) is 0 Å². The van der Waals surface area contributed by atoms with E-state index in [4.69, 9.17) is 5.73 Å². The van der Waals surface area contributed by atoms with Crippen molar-refractivity contribution in [2.24, 2.45) is 12.8 Å². The molecule has 19 heavy (non-hydrogen) atoms. The Morgan fingerprint density at radius 2 is 2.26 bits per heavy atom. The van der Waals surface area contributed by atoms with Crippen LogP contribution in [0.25, 0.3) is 0 Å². The molecule has 0 fully saturated rings. The molecule has 0 saturated heterocycles. The van der Waals surface area contributed by atoms with Crippen molar-refractivity contribution in [3.63, 3.8) is 0 Å². The smallest absolute Gasteiger partial charge is 0.260 e. The van der Waals surface area contributed by atoms with E-state index in [0.29, 0.717) is 17.0 Å². The van der Waals surface area contributed by atoms with Crippen LogP contribution < -0.4 is 10.5 Å². The third-order valence-electron chi connectivity index (χ3n) is 2.71.